The summed E-state index contributed by atoms with van der Waals surface area (Å²) in [6.07, 6.45) is 23.5. The molecule has 19 heteroatoms. The summed E-state index contributed by atoms with van der Waals surface area (Å²) in [5.41, 5.74) is 0. The molecule has 3 rings (SSSR count). The number of allylic oxidation sites excluding steroid dienone is 1. The molecular formula is C64H121NO18. The molecule has 1 amide bonds. The first-order valence-electron chi connectivity index (χ1n) is 33.4. The third-order valence-electron chi connectivity index (χ3n) is 17.1. The molecule has 490 valence electrons. The van der Waals surface area contributed by atoms with Gasteiger partial charge in [0, 0.05) is 6.42 Å². The number of rotatable bonds is 51. The van der Waals surface area contributed by atoms with Gasteiger partial charge in [-0.05, 0) is 19.3 Å². The molecule has 0 bridgehead atoms. The Labute approximate surface area is 499 Å². The highest BCUT2D eigenvalue weighted by molar-refractivity contribution is 5.76. The average molecular weight is 1190 g/mol. The van der Waals surface area contributed by atoms with E-state index < -0.39 is 124 Å². The molecule has 0 aromatic rings. The third kappa shape index (κ3) is 30.5. The first kappa shape index (κ1) is 75.8. The number of hydrogen-bond acceptors (Lipinski definition) is 18. The molecule has 19 nitrogen and oxygen atoms in total. The Hall–Kier alpha value is -1.47. The Kier molecular flexibility index (Phi) is 43.4. The first-order chi connectivity index (χ1) is 40.3. The van der Waals surface area contributed by atoms with Crippen LogP contribution in [0, 0.1) is 0 Å². The molecule has 0 aromatic heterocycles. The molecule has 12 N–H and O–H groups in total. The van der Waals surface area contributed by atoms with Crippen molar-refractivity contribution in [2.45, 2.75) is 362 Å². The van der Waals surface area contributed by atoms with Crippen LogP contribution in [0.25, 0.3) is 0 Å². The van der Waals surface area contributed by atoms with Crippen LogP contribution in [0.2, 0.25) is 0 Å². The minimum atomic E-state index is -1.97. The van der Waals surface area contributed by atoms with Crippen LogP contribution in [-0.2, 0) is 33.2 Å². The van der Waals surface area contributed by atoms with Crippen LogP contribution in [0.4, 0.5) is 0 Å². The smallest absolute Gasteiger partial charge is 0.220 e. The lowest BCUT2D eigenvalue weighted by Crippen LogP contribution is -2.66. The van der Waals surface area contributed by atoms with Crippen LogP contribution in [0.1, 0.15) is 258 Å². The molecule has 3 fully saturated rings. The molecule has 17 atom stereocenters. The fraction of sp³-hybridized carbons (Fsp3) is 0.953. The second-order valence-corrected chi connectivity index (χ2v) is 24.3. The van der Waals surface area contributed by atoms with Gasteiger partial charge in [-0.1, -0.05) is 244 Å². The molecule has 0 radical (unpaired) electrons. The number of carbonyl (C=O) groups is 1. The molecule has 3 saturated heterocycles. The van der Waals surface area contributed by atoms with Crippen LogP contribution in [-0.4, -0.2) is 193 Å². The van der Waals surface area contributed by atoms with Gasteiger partial charge in [-0.25, -0.2) is 0 Å². The number of aliphatic hydroxyl groups excluding tert-OH is 11. The molecule has 3 aliphatic rings. The Balaban J connectivity index is 1.40. The van der Waals surface area contributed by atoms with E-state index in [1.54, 1.807) is 6.08 Å². The van der Waals surface area contributed by atoms with Gasteiger partial charge >= 0.3 is 0 Å². The van der Waals surface area contributed by atoms with E-state index in [9.17, 15) is 61.0 Å². The standard InChI is InChI=1S/C64H121NO18/c1-3-5-7-9-11-13-15-17-18-19-20-21-22-23-24-25-26-27-28-29-30-32-34-36-38-40-42-52(70)65-47(48(69)41-39-37-35-33-31-16-14-12-10-8-6-4-2)46-78-62-58(76)55(73)60(50(44-67)80-62)83-64-59(77)56(74)61(51(45-68)81-64)82-63-57(75)54(72)53(71)49(43-66)79-63/h39,41,47-51,53-64,66-69,71-77H,3-38,40,42-46H2,1-2H3,(H,65,70)/b41-39+. The van der Waals surface area contributed by atoms with Crippen molar-refractivity contribution in [2.24, 2.45) is 0 Å². The van der Waals surface area contributed by atoms with Gasteiger partial charge in [-0.3, -0.25) is 4.79 Å². The van der Waals surface area contributed by atoms with Crippen LogP contribution in [0.15, 0.2) is 12.2 Å². The number of carbonyl (C=O) groups excluding carboxylic acids is 1. The zero-order chi connectivity index (χ0) is 60.5. The second-order valence-electron chi connectivity index (χ2n) is 24.3. The summed E-state index contributed by atoms with van der Waals surface area (Å²) in [7, 11) is 0. The van der Waals surface area contributed by atoms with Gasteiger partial charge in [0.1, 0.15) is 73.2 Å². The summed E-state index contributed by atoms with van der Waals surface area (Å²) >= 11 is 0. The second kappa shape index (κ2) is 47.5. The van der Waals surface area contributed by atoms with Crippen molar-refractivity contribution >= 4 is 5.91 Å². The third-order valence-corrected chi connectivity index (χ3v) is 17.1. The summed E-state index contributed by atoms with van der Waals surface area (Å²) in [5, 5.41) is 120. The van der Waals surface area contributed by atoms with Gasteiger partial charge in [0.2, 0.25) is 5.91 Å². The minimum Gasteiger partial charge on any atom is -0.394 e. The highest BCUT2D eigenvalue weighted by Gasteiger charge is 2.53. The normalized spacial score (nSPS) is 29.4. The Morgan fingerprint density at radius 3 is 1.13 bits per heavy atom. The largest absolute Gasteiger partial charge is 0.394 e. The SMILES string of the molecule is CCCCCCCCCCCC/C=C/C(O)C(COC1OC(CO)C(OC2OC(CO)C(OC3OC(CO)C(O)C(O)C3O)C(O)C2O)C(O)C1O)NC(=O)CCCCCCCCCCCCCCCCCCCCCCCCCCCC. The van der Waals surface area contributed by atoms with Crippen LogP contribution >= 0.6 is 0 Å². The maximum atomic E-state index is 13.4. The van der Waals surface area contributed by atoms with Crippen molar-refractivity contribution in [3.63, 3.8) is 0 Å². The topological polar surface area (TPSA) is 307 Å². The zero-order valence-corrected chi connectivity index (χ0v) is 51.4. The van der Waals surface area contributed by atoms with Gasteiger partial charge in [-0.2, -0.15) is 0 Å². The highest BCUT2D eigenvalue weighted by atomic mass is 16.8. The predicted octanol–water partition coefficient (Wildman–Crippen LogP) is 7.72. The molecule has 3 aliphatic heterocycles. The summed E-state index contributed by atoms with van der Waals surface area (Å²) in [6.45, 7) is 1.74. The van der Waals surface area contributed by atoms with E-state index in [0.717, 1.165) is 44.9 Å². The molecule has 0 aromatic carbocycles. The zero-order valence-electron chi connectivity index (χ0n) is 51.4. The number of nitrogens with one attached hydrogen (secondary N) is 1. The van der Waals surface area contributed by atoms with Gasteiger partial charge in [0.25, 0.3) is 0 Å². The van der Waals surface area contributed by atoms with Crippen molar-refractivity contribution < 1.29 is 89.4 Å². The lowest BCUT2D eigenvalue weighted by atomic mass is 9.96. The summed E-state index contributed by atoms with van der Waals surface area (Å²) in [6, 6.07) is -0.967. The summed E-state index contributed by atoms with van der Waals surface area (Å²) in [4.78, 5) is 13.4. The molecular weight excluding hydrogens is 1070 g/mol. The van der Waals surface area contributed by atoms with E-state index in [0.29, 0.717) is 6.42 Å². The van der Waals surface area contributed by atoms with E-state index in [1.807, 2.05) is 6.08 Å². The van der Waals surface area contributed by atoms with Gasteiger partial charge < -0.3 is 89.9 Å². The van der Waals surface area contributed by atoms with Crippen molar-refractivity contribution in [1.29, 1.82) is 0 Å². The summed E-state index contributed by atoms with van der Waals surface area (Å²) < 4.78 is 34.3. The van der Waals surface area contributed by atoms with E-state index in [4.69, 9.17) is 28.4 Å². The van der Waals surface area contributed by atoms with Crippen molar-refractivity contribution in [3.8, 4) is 0 Å². The number of unbranched alkanes of at least 4 members (excludes halogenated alkanes) is 35. The lowest BCUT2D eigenvalue weighted by molar-refractivity contribution is -0.379. The minimum absolute atomic E-state index is 0.249. The van der Waals surface area contributed by atoms with Crippen LogP contribution < -0.4 is 5.32 Å². The Morgan fingerprint density at radius 2 is 0.747 bits per heavy atom. The highest BCUT2D eigenvalue weighted by Crippen LogP contribution is 2.33. The Bertz CT molecular complexity index is 1560. The van der Waals surface area contributed by atoms with E-state index in [1.165, 1.54) is 186 Å². The van der Waals surface area contributed by atoms with Gasteiger partial charge in [0.05, 0.1) is 38.6 Å². The predicted molar refractivity (Wildman–Crippen MR) is 319 cm³/mol. The average Bonchev–Trinajstić information content (AvgIpc) is 3.34. The summed E-state index contributed by atoms with van der Waals surface area (Å²) in [5.74, 6) is -0.271. The maximum Gasteiger partial charge on any atom is 0.220 e. The molecule has 0 spiro atoms. The molecule has 17 unspecified atom stereocenters. The number of ether oxygens (including phenoxy) is 6. The number of hydrogen-bond donors (Lipinski definition) is 12. The lowest BCUT2D eigenvalue weighted by Gasteiger charge is -2.48. The molecule has 83 heavy (non-hydrogen) atoms. The van der Waals surface area contributed by atoms with E-state index >= 15 is 0 Å². The quantitative estimate of drug-likeness (QED) is 0.0205. The van der Waals surface area contributed by atoms with Crippen molar-refractivity contribution in [2.75, 3.05) is 26.4 Å². The van der Waals surface area contributed by atoms with Crippen LogP contribution in [0.5, 0.6) is 0 Å². The molecule has 0 aliphatic carbocycles. The van der Waals surface area contributed by atoms with Crippen LogP contribution in [0.3, 0.4) is 0 Å². The van der Waals surface area contributed by atoms with Crippen molar-refractivity contribution in [3.05, 3.63) is 12.2 Å². The number of aliphatic hydroxyl groups is 11. The van der Waals surface area contributed by atoms with Gasteiger partial charge in [-0.15, -0.1) is 0 Å². The fourth-order valence-electron chi connectivity index (χ4n) is 11.6. The monoisotopic (exact) mass is 1190 g/mol. The van der Waals surface area contributed by atoms with E-state index in [-0.39, 0.29) is 18.9 Å². The van der Waals surface area contributed by atoms with Gasteiger partial charge in [0.15, 0.2) is 18.9 Å². The molecule has 3 heterocycles. The van der Waals surface area contributed by atoms with E-state index in [2.05, 4.69) is 19.2 Å². The maximum absolute atomic E-state index is 13.4. The molecule has 0 saturated carbocycles. The number of amides is 1. The first-order valence-corrected chi connectivity index (χ1v) is 33.4. The fourth-order valence-corrected chi connectivity index (χ4v) is 11.6. The Morgan fingerprint density at radius 1 is 0.422 bits per heavy atom. The van der Waals surface area contributed by atoms with Crippen molar-refractivity contribution in [1.82, 2.24) is 5.32 Å².